The van der Waals surface area contributed by atoms with Gasteiger partial charge < -0.3 is 4.74 Å². The molecule has 0 spiro atoms. The highest BCUT2D eigenvalue weighted by molar-refractivity contribution is 5.83. The molecule has 1 aliphatic rings. The summed E-state index contributed by atoms with van der Waals surface area (Å²) in [7, 11) is 0. The zero-order chi connectivity index (χ0) is 6.85. The average molecular weight is 128 g/mol. The number of ether oxygens (including phenoxy) is 1. The molecule has 1 heterocycles. The van der Waals surface area contributed by atoms with Crippen LogP contribution in [-0.4, -0.2) is 18.0 Å². The van der Waals surface area contributed by atoms with Gasteiger partial charge in [0.1, 0.15) is 6.10 Å². The molecule has 2 unspecified atom stereocenters. The highest BCUT2D eigenvalue weighted by Gasteiger charge is 2.22. The Bertz CT molecular complexity index is 120. The van der Waals surface area contributed by atoms with Crippen LogP contribution in [0.2, 0.25) is 0 Å². The number of Topliss-reactive ketones (excluding diaryl/α,β-unsaturated/α-hetero) is 1. The lowest BCUT2D eigenvalue weighted by molar-refractivity contribution is -0.139. The Labute approximate surface area is 55.2 Å². The molecule has 0 aromatic carbocycles. The first-order chi connectivity index (χ1) is 4.20. The molecule has 0 bridgehead atoms. The molecule has 1 rings (SSSR count). The smallest absolute Gasteiger partial charge is 0.161 e. The van der Waals surface area contributed by atoms with Crippen molar-refractivity contribution in [2.45, 2.75) is 38.9 Å². The number of carbonyl (C=O) groups excluding carboxylic acids is 1. The maximum absolute atomic E-state index is 10.8. The summed E-state index contributed by atoms with van der Waals surface area (Å²) in [5, 5.41) is 0. The third kappa shape index (κ3) is 1.52. The molecule has 0 aromatic rings. The van der Waals surface area contributed by atoms with Gasteiger partial charge in [0.05, 0.1) is 6.10 Å². The van der Waals surface area contributed by atoms with Crippen LogP contribution in [0.25, 0.3) is 0 Å². The zero-order valence-corrected chi connectivity index (χ0v) is 5.89. The van der Waals surface area contributed by atoms with Crippen LogP contribution in [0.15, 0.2) is 0 Å². The molecule has 1 aliphatic heterocycles. The molecule has 1 fully saturated rings. The van der Waals surface area contributed by atoms with Crippen LogP contribution >= 0.6 is 0 Å². The van der Waals surface area contributed by atoms with E-state index in [1.54, 1.807) is 0 Å². The van der Waals surface area contributed by atoms with Gasteiger partial charge in [-0.25, -0.2) is 0 Å². The van der Waals surface area contributed by atoms with Crippen molar-refractivity contribution < 1.29 is 9.53 Å². The predicted molar refractivity (Wildman–Crippen MR) is 34.2 cm³/mol. The van der Waals surface area contributed by atoms with Gasteiger partial charge in [-0.2, -0.15) is 0 Å². The second-order valence-electron chi connectivity index (χ2n) is 2.59. The van der Waals surface area contributed by atoms with Crippen LogP contribution in [0.1, 0.15) is 26.7 Å². The molecule has 0 saturated carbocycles. The van der Waals surface area contributed by atoms with Crippen LogP contribution in [0, 0.1) is 0 Å². The van der Waals surface area contributed by atoms with Crippen LogP contribution in [0.3, 0.4) is 0 Å². The molecule has 2 atom stereocenters. The van der Waals surface area contributed by atoms with E-state index in [9.17, 15) is 4.79 Å². The molecule has 0 N–H and O–H groups in total. The second kappa shape index (κ2) is 2.48. The fraction of sp³-hybridized carbons (Fsp3) is 0.857. The summed E-state index contributed by atoms with van der Waals surface area (Å²) in [5.74, 6) is 0.244. The van der Waals surface area contributed by atoms with E-state index in [0.717, 1.165) is 6.42 Å². The fourth-order valence-corrected chi connectivity index (χ4v) is 1.04. The quantitative estimate of drug-likeness (QED) is 0.489. The molecule has 9 heavy (non-hydrogen) atoms. The first-order valence-electron chi connectivity index (χ1n) is 3.38. The molecule has 0 amide bonds. The first-order valence-corrected chi connectivity index (χ1v) is 3.38. The van der Waals surface area contributed by atoms with Crippen molar-refractivity contribution in [2.24, 2.45) is 0 Å². The van der Waals surface area contributed by atoms with Gasteiger partial charge in [0.2, 0.25) is 0 Å². The van der Waals surface area contributed by atoms with E-state index < -0.39 is 0 Å². The molecule has 2 heteroatoms. The Kier molecular flexibility index (Phi) is 1.86. The fourth-order valence-electron chi connectivity index (χ4n) is 1.04. The van der Waals surface area contributed by atoms with Gasteiger partial charge in [-0.1, -0.05) is 0 Å². The minimum atomic E-state index is -0.159. The van der Waals surface area contributed by atoms with Crippen LogP contribution < -0.4 is 0 Å². The maximum Gasteiger partial charge on any atom is 0.161 e. The van der Waals surface area contributed by atoms with E-state index in [2.05, 4.69) is 0 Å². The number of ketones is 1. The number of hydrogen-bond donors (Lipinski definition) is 0. The third-order valence-corrected chi connectivity index (χ3v) is 1.69. The lowest BCUT2D eigenvalue weighted by Crippen LogP contribution is -2.31. The molecule has 0 radical (unpaired) electrons. The summed E-state index contributed by atoms with van der Waals surface area (Å²) in [6.07, 6.45) is 1.71. The second-order valence-corrected chi connectivity index (χ2v) is 2.59. The summed E-state index contributed by atoms with van der Waals surface area (Å²) in [4.78, 5) is 10.8. The van der Waals surface area contributed by atoms with Crippen molar-refractivity contribution in [1.82, 2.24) is 0 Å². The molecule has 1 saturated heterocycles. The van der Waals surface area contributed by atoms with E-state index in [1.165, 1.54) is 0 Å². The van der Waals surface area contributed by atoms with Gasteiger partial charge in [-0.3, -0.25) is 4.79 Å². The Morgan fingerprint density at radius 3 is 2.67 bits per heavy atom. The van der Waals surface area contributed by atoms with Crippen LogP contribution in [0.4, 0.5) is 0 Å². The van der Waals surface area contributed by atoms with Gasteiger partial charge in [-0.05, 0) is 20.3 Å². The minimum absolute atomic E-state index is 0.159. The zero-order valence-electron chi connectivity index (χ0n) is 5.89. The Balaban J connectivity index is 2.44. The molecular formula is C7H12O2. The van der Waals surface area contributed by atoms with Gasteiger partial charge >= 0.3 is 0 Å². The Morgan fingerprint density at radius 1 is 1.56 bits per heavy atom. The largest absolute Gasteiger partial charge is 0.368 e. The standard InChI is InChI=1S/C7H12O2/c1-5-3-4-7(8)6(2)9-5/h5-6H,3-4H2,1-2H3. The third-order valence-electron chi connectivity index (χ3n) is 1.69. The highest BCUT2D eigenvalue weighted by atomic mass is 16.5. The normalized spacial score (nSPS) is 36.9. The monoisotopic (exact) mass is 128 g/mol. The summed E-state index contributed by atoms with van der Waals surface area (Å²) in [6, 6.07) is 0. The van der Waals surface area contributed by atoms with E-state index >= 15 is 0 Å². The Morgan fingerprint density at radius 2 is 2.22 bits per heavy atom. The number of hydrogen-bond acceptors (Lipinski definition) is 2. The SMILES string of the molecule is CC1CCC(=O)C(C)O1. The lowest BCUT2D eigenvalue weighted by atomic mass is 10.1. The highest BCUT2D eigenvalue weighted by Crippen LogP contribution is 2.14. The molecule has 0 aliphatic carbocycles. The molecule has 2 nitrogen and oxygen atoms in total. The van der Waals surface area contributed by atoms with E-state index in [0.29, 0.717) is 6.42 Å². The first kappa shape index (κ1) is 6.75. The van der Waals surface area contributed by atoms with Crippen LogP contribution in [-0.2, 0) is 9.53 Å². The lowest BCUT2D eigenvalue weighted by Gasteiger charge is -2.23. The average Bonchev–Trinajstić information content (AvgIpc) is 1.80. The summed E-state index contributed by atoms with van der Waals surface area (Å²) in [6.45, 7) is 3.82. The van der Waals surface area contributed by atoms with Crippen molar-refractivity contribution in [1.29, 1.82) is 0 Å². The van der Waals surface area contributed by atoms with Crippen molar-refractivity contribution in [3.63, 3.8) is 0 Å². The van der Waals surface area contributed by atoms with Crippen molar-refractivity contribution in [3.8, 4) is 0 Å². The van der Waals surface area contributed by atoms with E-state index in [-0.39, 0.29) is 18.0 Å². The van der Waals surface area contributed by atoms with E-state index in [4.69, 9.17) is 4.74 Å². The van der Waals surface area contributed by atoms with Crippen molar-refractivity contribution >= 4 is 5.78 Å². The van der Waals surface area contributed by atoms with Gasteiger partial charge in [-0.15, -0.1) is 0 Å². The van der Waals surface area contributed by atoms with E-state index in [1.807, 2.05) is 13.8 Å². The van der Waals surface area contributed by atoms with Crippen molar-refractivity contribution in [3.05, 3.63) is 0 Å². The topological polar surface area (TPSA) is 26.3 Å². The molecular weight excluding hydrogens is 116 g/mol. The summed E-state index contributed by atoms with van der Waals surface area (Å²) in [5.41, 5.74) is 0. The van der Waals surface area contributed by atoms with Crippen molar-refractivity contribution in [2.75, 3.05) is 0 Å². The maximum atomic E-state index is 10.8. The number of carbonyl (C=O) groups is 1. The Hall–Kier alpha value is -0.370. The molecule has 52 valence electrons. The van der Waals surface area contributed by atoms with Gasteiger partial charge in [0.25, 0.3) is 0 Å². The minimum Gasteiger partial charge on any atom is -0.368 e. The van der Waals surface area contributed by atoms with Gasteiger partial charge in [0.15, 0.2) is 5.78 Å². The molecule has 0 aromatic heterocycles. The van der Waals surface area contributed by atoms with Crippen LogP contribution in [0.5, 0.6) is 0 Å². The summed E-state index contributed by atoms with van der Waals surface area (Å²) >= 11 is 0. The summed E-state index contributed by atoms with van der Waals surface area (Å²) < 4.78 is 5.25. The number of rotatable bonds is 0. The van der Waals surface area contributed by atoms with Gasteiger partial charge in [0, 0.05) is 6.42 Å². The predicted octanol–water partition coefficient (Wildman–Crippen LogP) is 1.14.